The summed E-state index contributed by atoms with van der Waals surface area (Å²) in [6.45, 7) is 6.56. The number of nitrogens with one attached hydrogen (secondary N) is 1. The van der Waals surface area contributed by atoms with Gasteiger partial charge in [0, 0.05) is 37.6 Å². The monoisotopic (exact) mass is 455 g/mol. The highest BCUT2D eigenvalue weighted by Crippen LogP contribution is 2.22. The molecule has 32 heavy (non-hydrogen) atoms. The number of hydrogen-bond acceptors (Lipinski definition) is 8. The van der Waals surface area contributed by atoms with E-state index in [4.69, 9.17) is 9.26 Å². The van der Waals surface area contributed by atoms with E-state index in [-0.39, 0.29) is 18.4 Å². The number of amides is 2. The van der Waals surface area contributed by atoms with Crippen molar-refractivity contribution in [2.75, 3.05) is 38.0 Å². The molecule has 10 heteroatoms. The molecule has 1 fully saturated rings. The first-order chi connectivity index (χ1) is 15.5. The van der Waals surface area contributed by atoms with Crippen LogP contribution < -0.4 is 10.1 Å². The fourth-order valence-corrected chi connectivity index (χ4v) is 4.08. The number of nitrogens with zero attached hydrogens (tertiary/aromatic N) is 4. The minimum absolute atomic E-state index is 0.0720. The van der Waals surface area contributed by atoms with Crippen molar-refractivity contribution in [1.29, 1.82) is 0 Å². The zero-order valence-electron chi connectivity index (χ0n) is 18.0. The van der Waals surface area contributed by atoms with Gasteiger partial charge in [0.1, 0.15) is 18.1 Å². The van der Waals surface area contributed by atoms with Crippen LogP contribution >= 0.6 is 11.3 Å². The topological polar surface area (TPSA) is 101 Å². The molecule has 0 bridgehead atoms. The number of benzene rings is 1. The molecule has 1 aromatic carbocycles. The number of carbonyl (C=O) groups excluding carboxylic acids is 2. The second-order valence-electron chi connectivity index (χ2n) is 7.58. The zero-order chi connectivity index (χ0) is 22.5. The average Bonchev–Trinajstić information content (AvgIpc) is 3.40. The third kappa shape index (κ3) is 5.51. The summed E-state index contributed by atoms with van der Waals surface area (Å²) in [6.07, 6.45) is 0. The van der Waals surface area contributed by atoms with Crippen LogP contribution in [0.25, 0.3) is 0 Å². The number of rotatable bonds is 7. The van der Waals surface area contributed by atoms with Crippen LogP contribution in [0.4, 0.5) is 5.82 Å². The fraction of sp³-hybridized carbons (Fsp3) is 0.364. The Balaban J connectivity index is 1.30. The molecule has 1 aliphatic rings. The molecule has 1 N–H and O–H groups in total. The Kier molecular flexibility index (Phi) is 6.81. The van der Waals surface area contributed by atoms with Gasteiger partial charge in [-0.05, 0) is 26.0 Å². The fourth-order valence-electron chi connectivity index (χ4n) is 3.49. The van der Waals surface area contributed by atoms with Gasteiger partial charge in [0.05, 0.1) is 22.8 Å². The molecule has 1 aliphatic heterocycles. The van der Waals surface area contributed by atoms with E-state index in [1.807, 2.05) is 29.3 Å². The van der Waals surface area contributed by atoms with Gasteiger partial charge in [-0.2, -0.15) is 0 Å². The van der Waals surface area contributed by atoms with Crippen molar-refractivity contribution < 1.29 is 18.8 Å². The highest BCUT2D eigenvalue weighted by atomic mass is 32.1. The highest BCUT2D eigenvalue weighted by Gasteiger charge is 2.25. The Labute approximate surface area is 190 Å². The molecule has 2 aromatic heterocycles. The highest BCUT2D eigenvalue weighted by molar-refractivity contribution is 7.09. The molecule has 0 atom stereocenters. The van der Waals surface area contributed by atoms with E-state index in [0.29, 0.717) is 55.7 Å². The van der Waals surface area contributed by atoms with E-state index in [2.05, 4.69) is 15.5 Å². The molecule has 1 saturated heterocycles. The molecule has 168 valence electrons. The number of piperazine rings is 1. The van der Waals surface area contributed by atoms with Crippen LogP contribution in [0.1, 0.15) is 26.8 Å². The summed E-state index contributed by atoms with van der Waals surface area (Å²) >= 11 is 1.57. The van der Waals surface area contributed by atoms with Crippen LogP contribution in [0.5, 0.6) is 5.75 Å². The molecule has 3 aromatic rings. The molecular weight excluding hydrogens is 430 g/mol. The standard InChI is InChI=1S/C22H25N5O4S/c1-15-11-20(25-31-15)24-21(28)12-26-7-9-27(10-8-26)22(29)18-5-3-4-6-19(18)30-13-17-14-32-16(2)23-17/h3-6,11,14H,7-10,12-13H2,1-2H3,(H,24,25,28). The van der Waals surface area contributed by atoms with E-state index in [1.165, 1.54) is 0 Å². The van der Waals surface area contributed by atoms with Gasteiger partial charge in [-0.15, -0.1) is 11.3 Å². The Morgan fingerprint density at radius 1 is 1.19 bits per heavy atom. The summed E-state index contributed by atoms with van der Waals surface area (Å²) in [4.78, 5) is 33.6. The van der Waals surface area contributed by atoms with Gasteiger partial charge in [-0.3, -0.25) is 14.5 Å². The van der Waals surface area contributed by atoms with Crippen molar-refractivity contribution in [2.24, 2.45) is 0 Å². The molecule has 0 aliphatic carbocycles. The van der Waals surface area contributed by atoms with Crippen LogP contribution in [0, 0.1) is 13.8 Å². The second-order valence-corrected chi connectivity index (χ2v) is 8.64. The Morgan fingerprint density at radius 2 is 1.97 bits per heavy atom. The van der Waals surface area contributed by atoms with Crippen molar-refractivity contribution in [2.45, 2.75) is 20.5 Å². The van der Waals surface area contributed by atoms with Gasteiger partial charge in [0.15, 0.2) is 5.82 Å². The first kappa shape index (κ1) is 22.0. The molecule has 0 spiro atoms. The molecule has 2 amide bonds. The molecule has 0 saturated carbocycles. The van der Waals surface area contributed by atoms with Gasteiger partial charge < -0.3 is 19.5 Å². The first-order valence-electron chi connectivity index (χ1n) is 10.4. The Morgan fingerprint density at radius 3 is 2.66 bits per heavy atom. The van der Waals surface area contributed by atoms with Gasteiger partial charge >= 0.3 is 0 Å². The number of para-hydroxylation sites is 1. The van der Waals surface area contributed by atoms with E-state index < -0.39 is 0 Å². The number of carbonyl (C=O) groups is 2. The lowest BCUT2D eigenvalue weighted by Gasteiger charge is -2.34. The van der Waals surface area contributed by atoms with Crippen LogP contribution in [-0.2, 0) is 11.4 Å². The summed E-state index contributed by atoms with van der Waals surface area (Å²) in [5, 5.41) is 9.43. The predicted octanol–water partition coefficient (Wildman–Crippen LogP) is 2.72. The second kappa shape index (κ2) is 9.92. The maximum atomic E-state index is 13.1. The maximum absolute atomic E-state index is 13.1. The van der Waals surface area contributed by atoms with Gasteiger partial charge in [-0.25, -0.2) is 4.98 Å². The maximum Gasteiger partial charge on any atom is 0.257 e. The summed E-state index contributed by atoms with van der Waals surface area (Å²) in [7, 11) is 0. The zero-order valence-corrected chi connectivity index (χ0v) is 18.9. The molecule has 9 nitrogen and oxygen atoms in total. The minimum Gasteiger partial charge on any atom is -0.486 e. The number of hydrogen-bond donors (Lipinski definition) is 1. The smallest absolute Gasteiger partial charge is 0.257 e. The number of aromatic nitrogens is 2. The lowest BCUT2D eigenvalue weighted by molar-refractivity contribution is -0.117. The third-order valence-electron chi connectivity index (χ3n) is 5.08. The number of aryl methyl sites for hydroxylation is 2. The van der Waals surface area contributed by atoms with Crippen LogP contribution in [0.2, 0.25) is 0 Å². The quantitative estimate of drug-likeness (QED) is 0.585. The molecular formula is C22H25N5O4S. The minimum atomic E-state index is -0.158. The van der Waals surface area contributed by atoms with Crippen LogP contribution in [0.15, 0.2) is 40.2 Å². The van der Waals surface area contributed by atoms with E-state index in [0.717, 1.165) is 10.7 Å². The van der Waals surface area contributed by atoms with Crippen molar-refractivity contribution in [3.8, 4) is 5.75 Å². The largest absolute Gasteiger partial charge is 0.486 e. The van der Waals surface area contributed by atoms with Crippen molar-refractivity contribution in [1.82, 2.24) is 19.9 Å². The molecule has 0 radical (unpaired) electrons. The van der Waals surface area contributed by atoms with Crippen LogP contribution in [0.3, 0.4) is 0 Å². The van der Waals surface area contributed by atoms with Gasteiger partial charge in [-0.1, -0.05) is 17.3 Å². The van der Waals surface area contributed by atoms with Crippen LogP contribution in [-0.4, -0.2) is 64.5 Å². The summed E-state index contributed by atoms with van der Waals surface area (Å²) < 4.78 is 10.9. The van der Waals surface area contributed by atoms with Crippen molar-refractivity contribution in [3.05, 3.63) is 57.7 Å². The van der Waals surface area contributed by atoms with Gasteiger partial charge in [0.2, 0.25) is 5.91 Å². The Bertz CT molecular complexity index is 1090. The van der Waals surface area contributed by atoms with E-state index in [1.54, 1.807) is 41.4 Å². The van der Waals surface area contributed by atoms with E-state index >= 15 is 0 Å². The van der Waals surface area contributed by atoms with Crippen molar-refractivity contribution in [3.63, 3.8) is 0 Å². The third-order valence-corrected chi connectivity index (χ3v) is 5.90. The normalized spacial score (nSPS) is 14.4. The lowest BCUT2D eigenvalue weighted by Crippen LogP contribution is -2.50. The molecule has 3 heterocycles. The Hall–Kier alpha value is -3.24. The molecule has 0 unspecified atom stereocenters. The summed E-state index contributed by atoms with van der Waals surface area (Å²) in [6, 6.07) is 8.94. The first-order valence-corrected chi connectivity index (χ1v) is 11.2. The number of anilines is 1. The predicted molar refractivity (Wildman–Crippen MR) is 120 cm³/mol. The summed E-state index contributed by atoms with van der Waals surface area (Å²) in [5.41, 5.74) is 1.38. The SMILES string of the molecule is Cc1cc(NC(=O)CN2CCN(C(=O)c3ccccc3OCc3csc(C)n3)CC2)no1. The van der Waals surface area contributed by atoms with E-state index in [9.17, 15) is 9.59 Å². The lowest BCUT2D eigenvalue weighted by atomic mass is 10.1. The van der Waals surface area contributed by atoms with Crippen molar-refractivity contribution >= 4 is 29.0 Å². The summed E-state index contributed by atoms with van der Waals surface area (Å²) in [5.74, 6) is 1.36. The number of thiazole rings is 1. The van der Waals surface area contributed by atoms with Gasteiger partial charge in [0.25, 0.3) is 5.91 Å². The number of ether oxygens (including phenoxy) is 1. The average molecular weight is 456 g/mol. The molecule has 4 rings (SSSR count).